The zero-order valence-electron chi connectivity index (χ0n) is 22.6. The number of aliphatic hydroxyl groups excluding tert-OH is 1. The number of nitrogens with zero attached hydrogens (tertiary/aromatic N) is 1. The lowest BCUT2D eigenvalue weighted by molar-refractivity contribution is -0.143. The molecule has 37 heavy (non-hydrogen) atoms. The van der Waals surface area contributed by atoms with Gasteiger partial charge in [0.25, 0.3) is 0 Å². The standard InChI is InChI=1S/C31H42N2O4/c1-4-5-8-15-36-30(35)14-12-23-11-13-27(20-32)29(18-23)37-22-28(34)21-33-31(2,3)19-24-16-25-9-6-7-10-26(25)17-24/h6-7,9-11,13,18,24,28,33-34H,4-5,8,12,14-17,19,21-22H2,1-3H3/t28-/m0/s1. The summed E-state index contributed by atoms with van der Waals surface area (Å²) in [6.07, 6.45) is 6.35. The number of aliphatic hydroxyl groups is 1. The average Bonchev–Trinajstić information content (AvgIpc) is 3.29. The van der Waals surface area contributed by atoms with E-state index in [0.29, 0.717) is 36.8 Å². The van der Waals surface area contributed by atoms with E-state index in [0.717, 1.165) is 44.1 Å². The van der Waals surface area contributed by atoms with Crippen LogP contribution in [0.2, 0.25) is 0 Å². The molecule has 0 spiro atoms. The Hall–Kier alpha value is -2.88. The van der Waals surface area contributed by atoms with Crippen LogP contribution in [0.5, 0.6) is 5.75 Å². The fraction of sp³-hybridized carbons (Fsp3) is 0.548. The first kappa shape index (κ1) is 28.7. The lowest BCUT2D eigenvalue weighted by Gasteiger charge is -2.30. The van der Waals surface area contributed by atoms with Crippen LogP contribution in [-0.2, 0) is 28.8 Å². The summed E-state index contributed by atoms with van der Waals surface area (Å²) in [5, 5.41) is 23.5. The molecule has 0 aliphatic heterocycles. The molecule has 2 aromatic rings. The number of unbranched alkanes of at least 4 members (excludes halogenated alkanes) is 2. The lowest BCUT2D eigenvalue weighted by atomic mass is 9.88. The summed E-state index contributed by atoms with van der Waals surface area (Å²) in [5.41, 5.74) is 4.10. The molecule has 1 atom stereocenters. The van der Waals surface area contributed by atoms with Crippen molar-refractivity contribution in [2.24, 2.45) is 5.92 Å². The molecule has 0 fully saturated rings. The summed E-state index contributed by atoms with van der Waals surface area (Å²) >= 11 is 0. The first-order valence-corrected chi connectivity index (χ1v) is 13.6. The van der Waals surface area contributed by atoms with Crippen molar-refractivity contribution in [1.29, 1.82) is 5.26 Å². The molecule has 3 rings (SSSR count). The summed E-state index contributed by atoms with van der Waals surface area (Å²) in [7, 11) is 0. The maximum absolute atomic E-state index is 12.0. The molecule has 2 aromatic carbocycles. The molecule has 0 saturated heterocycles. The third-order valence-electron chi connectivity index (χ3n) is 6.98. The molecule has 0 aromatic heterocycles. The maximum Gasteiger partial charge on any atom is 0.306 e. The molecule has 6 heteroatoms. The van der Waals surface area contributed by atoms with Crippen molar-refractivity contribution in [3.05, 3.63) is 64.7 Å². The molecule has 200 valence electrons. The number of β-amino-alcohol motifs (C(OH)–C–C–N with tert-alkyl or cyclic N) is 1. The Labute approximate surface area is 222 Å². The first-order valence-electron chi connectivity index (χ1n) is 13.6. The minimum Gasteiger partial charge on any atom is -0.489 e. The van der Waals surface area contributed by atoms with Gasteiger partial charge in [0, 0.05) is 18.5 Å². The smallest absolute Gasteiger partial charge is 0.306 e. The van der Waals surface area contributed by atoms with Crippen LogP contribution in [-0.4, -0.2) is 42.5 Å². The van der Waals surface area contributed by atoms with Crippen molar-refractivity contribution in [1.82, 2.24) is 5.32 Å². The van der Waals surface area contributed by atoms with Crippen LogP contribution in [0.15, 0.2) is 42.5 Å². The van der Waals surface area contributed by atoms with Gasteiger partial charge in [0.15, 0.2) is 0 Å². The second-order valence-corrected chi connectivity index (χ2v) is 10.8. The number of nitrogens with one attached hydrogen (secondary N) is 1. The highest BCUT2D eigenvalue weighted by atomic mass is 16.5. The van der Waals surface area contributed by atoms with Gasteiger partial charge in [-0.1, -0.05) is 50.1 Å². The monoisotopic (exact) mass is 506 g/mol. The lowest BCUT2D eigenvalue weighted by Crippen LogP contribution is -2.46. The van der Waals surface area contributed by atoms with Crippen molar-refractivity contribution < 1.29 is 19.4 Å². The SMILES string of the molecule is CCCCCOC(=O)CCc1ccc(C#N)c(OC[C@@H](O)CNC(C)(C)CC2Cc3ccccc3C2)c1. The second kappa shape index (κ2) is 14.2. The van der Waals surface area contributed by atoms with E-state index in [9.17, 15) is 15.2 Å². The van der Waals surface area contributed by atoms with E-state index >= 15 is 0 Å². The number of carbonyl (C=O) groups is 1. The number of aryl methyl sites for hydroxylation is 1. The zero-order valence-corrected chi connectivity index (χ0v) is 22.6. The Bertz CT molecular complexity index is 1030. The van der Waals surface area contributed by atoms with Crippen LogP contribution in [0.25, 0.3) is 0 Å². The molecule has 0 unspecified atom stereocenters. The van der Waals surface area contributed by atoms with Crippen molar-refractivity contribution >= 4 is 5.97 Å². The Morgan fingerprint density at radius 2 is 1.92 bits per heavy atom. The van der Waals surface area contributed by atoms with Crippen LogP contribution < -0.4 is 10.1 Å². The number of ether oxygens (including phenoxy) is 2. The van der Waals surface area contributed by atoms with Crippen molar-refractivity contribution in [3.63, 3.8) is 0 Å². The molecule has 2 N–H and O–H groups in total. The largest absolute Gasteiger partial charge is 0.489 e. The van der Waals surface area contributed by atoms with Gasteiger partial charge in [0.2, 0.25) is 0 Å². The maximum atomic E-state index is 12.0. The number of rotatable bonds is 15. The summed E-state index contributed by atoms with van der Waals surface area (Å²) in [6.45, 7) is 7.41. The predicted octanol–water partition coefficient (Wildman–Crippen LogP) is 5.14. The van der Waals surface area contributed by atoms with E-state index in [1.165, 1.54) is 11.1 Å². The van der Waals surface area contributed by atoms with Gasteiger partial charge in [-0.3, -0.25) is 4.79 Å². The van der Waals surface area contributed by atoms with Gasteiger partial charge >= 0.3 is 5.97 Å². The van der Waals surface area contributed by atoms with E-state index in [4.69, 9.17) is 9.47 Å². The van der Waals surface area contributed by atoms with E-state index in [-0.39, 0.29) is 24.5 Å². The summed E-state index contributed by atoms with van der Waals surface area (Å²) < 4.78 is 11.1. The molecule has 0 amide bonds. The number of esters is 1. The van der Waals surface area contributed by atoms with E-state index in [1.54, 1.807) is 12.1 Å². The van der Waals surface area contributed by atoms with Gasteiger partial charge in [0.1, 0.15) is 24.5 Å². The molecule has 0 bridgehead atoms. The van der Waals surface area contributed by atoms with Gasteiger partial charge in [-0.05, 0) is 80.7 Å². The van der Waals surface area contributed by atoms with Crippen LogP contribution in [0.3, 0.4) is 0 Å². The summed E-state index contributed by atoms with van der Waals surface area (Å²) in [6, 6.07) is 16.1. The number of carbonyl (C=O) groups excluding carboxylic acids is 1. The molecule has 0 saturated carbocycles. The Kier molecular flexibility index (Phi) is 11.0. The zero-order chi connectivity index (χ0) is 26.7. The van der Waals surface area contributed by atoms with Gasteiger partial charge in [0.05, 0.1) is 12.2 Å². The third-order valence-corrected chi connectivity index (χ3v) is 6.98. The van der Waals surface area contributed by atoms with Gasteiger partial charge in [-0.25, -0.2) is 0 Å². The van der Waals surface area contributed by atoms with Gasteiger partial charge in [-0.2, -0.15) is 5.26 Å². The molecule has 1 aliphatic carbocycles. The molecular formula is C31H42N2O4. The quantitative estimate of drug-likeness (QED) is 0.257. The van der Waals surface area contributed by atoms with E-state index in [2.05, 4.69) is 56.4 Å². The molecule has 6 nitrogen and oxygen atoms in total. The number of hydrogen-bond acceptors (Lipinski definition) is 6. The summed E-state index contributed by atoms with van der Waals surface area (Å²) in [5.74, 6) is 0.815. The minimum absolute atomic E-state index is 0.0789. The van der Waals surface area contributed by atoms with Crippen molar-refractivity contribution in [2.75, 3.05) is 19.8 Å². The highest BCUT2D eigenvalue weighted by Gasteiger charge is 2.28. The van der Waals surface area contributed by atoms with Gasteiger partial charge in [-0.15, -0.1) is 0 Å². The average molecular weight is 507 g/mol. The molecule has 0 radical (unpaired) electrons. The van der Waals surface area contributed by atoms with Gasteiger partial charge < -0.3 is 19.9 Å². The first-order chi connectivity index (χ1) is 17.8. The fourth-order valence-corrected chi connectivity index (χ4v) is 5.02. The molecule has 0 heterocycles. The van der Waals surface area contributed by atoms with Crippen LogP contribution in [0.4, 0.5) is 0 Å². The summed E-state index contributed by atoms with van der Waals surface area (Å²) in [4.78, 5) is 12.0. The van der Waals surface area contributed by atoms with Crippen molar-refractivity contribution in [2.45, 2.75) is 83.8 Å². The number of nitriles is 1. The highest BCUT2D eigenvalue weighted by molar-refractivity contribution is 5.69. The number of benzene rings is 2. The van der Waals surface area contributed by atoms with E-state index in [1.807, 2.05) is 6.07 Å². The Balaban J connectivity index is 1.43. The van der Waals surface area contributed by atoms with E-state index < -0.39 is 6.10 Å². The number of fused-ring (bicyclic) bond motifs is 1. The van der Waals surface area contributed by atoms with Crippen molar-refractivity contribution in [3.8, 4) is 11.8 Å². The molecule has 1 aliphatic rings. The van der Waals surface area contributed by atoms with Crippen LogP contribution in [0, 0.1) is 17.2 Å². The third kappa shape index (κ3) is 9.50. The normalized spacial score (nSPS) is 14.1. The molecular weight excluding hydrogens is 464 g/mol. The van der Waals surface area contributed by atoms with Crippen LogP contribution >= 0.6 is 0 Å². The Morgan fingerprint density at radius 3 is 2.59 bits per heavy atom. The predicted molar refractivity (Wildman–Crippen MR) is 146 cm³/mol. The fourth-order valence-electron chi connectivity index (χ4n) is 5.02. The Morgan fingerprint density at radius 1 is 1.19 bits per heavy atom. The second-order valence-electron chi connectivity index (χ2n) is 10.8. The number of hydrogen-bond donors (Lipinski definition) is 2. The minimum atomic E-state index is -0.714. The highest BCUT2D eigenvalue weighted by Crippen LogP contribution is 2.32. The van der Waals surface area contributed by atoms with Crippen LogP contribution in [0.1, 0.15) is 75.1 Å². The topological polar surface area (TPSA) is 91.6 Å².